The minimum Gasteiger partial charge on any atom is -0.397 e. The number of pyridine rings is 1. The second-order valence-electron chi connectivity index (χ2n) is 5.15. The van der Waals surface area contributed by atoms with Crippen molar-refractivity contribution in [2.75, 3.05) is 5.73 Å². The number of rotatable bonds is 2. The minimum atomic E-state index is 0.354. The molecule has 0 aliphatic rings. The highest BCUT2D eigenvalue weighted by molar-refractivity contribution is 6.42. The molecule has 0 fully saturated rings. The maximum absolute atomic E-state index is 6.25. The van der Waals surface area contributed by atoms with Gasteiger partial charge in [0.05, 0.1) is 31.5 Å². The molecule has 3 aromatic rings. The van der Waals surface area contributed by atoms with Gasteiger partial charge in [-0.05, 0) is 30.3 Å². The summed E-state index contributed by atoms with van der Waals surface area (Å²) in [6.07, 6.45) is 1.59. The molecular formula is C17H8Cl6N2. The number of halogens is 6. The molecule has 8 heteroatoms. The number of nitrogens with zero attached hydrogens (tertiary/aromatic N) is 1. The molecule has 0 atom stereocenters. The predicted octanol–water partition coefficient (Wildman–Crippen LogP) is 7.92. The van der Waals surface area contributed by atoms with Crippen molar-refractivity contribution in [1.29, 1.82) is 0 Å². The first-order valence-corrected chi connectivity index (χ1v) is 9.10. The zero-order valence-electron chi connectivity index (χ0n) is 12.3. The van der Waals surface area contributed by atoms with Crippen LogP contribution in [0.4, 0.5) is 5.69 Å². The lowest BCUT2D eigenvalue weighted by Crippen LogP contribution is -1.96. The molecule has 1 heterocycles. The Bertz CT molecular complexity index is 941. The monoisotopic (exact) mass is 450 g/mol. The Balaban J connectivity index is 2.15. The first kappa shape index (κ1) is 18.9. The van der Waals surface area contributed by atoms with E-state index in [2.05, 4.69) is 4.98 Å². The van der Waals surface area contributed by atoms with E-state index in [0.717, 1.165) is 0 Å². The van der Waals surface area contributed by atoms with Crippen LogP contribution in [-0.2, 0) is 0 Å². The van der Waals surface area contributed by atoms with Crippen molar-refractivity contribution < 1.29 is 0 Å². The maximum atomic E-state index is 6.25. The molecule has 0 aliphatic carbocycles. The highest BCUT2D eigenvalue weighted by Gasteiger charge is 2.17. The number of hydrogen-bond donors (Lipinski definition) is 1. The van der Waals surface area contributed by atoms with Crippen molar-refractivity contribution in [1.82, 2.24) is 4.98 Å². The van der Waals surface area contributed by atoms with Crippen molar-refractivity contribution in [3.63, 3.8) is 0 Å². The van der Waals surface area contributed by atoms with Crippen LogP contribution >= 0.6 is 69.6 Å². The summed E-state index contributed by atoms with van der Waals surface area (Å²) < 4.78 is 0. The summed E-state index contributed by atoms with van der Waals surface area (Å²) in [7, 11) is 0. The van der Waals surface area contributed by atoms with E-state index in [1.165, 1.54) is 0 Å². The molecule has 0 bridgehead atoms. The second-order valence-corrected chi connectivity index (χ2v) is 7.65. The van der Waals surface area contributed by atoms with Crippen molar-refractivity contribution >= 4 is 75.3 Å². The Morgan fingerprint density at radius 2 is 1.08 bits per heavy atom. The lowest BCUT2D eigenvalue weighted by Gasteiger charge is -2.13. The van der Waals surface area contributed by atoms with E-state index < -0.39 is 0 Å². The summed E-state index contributed by atoms with van der Waals surface area (Å²) in [4.78, 5) is 4.39. The molecular weight excluding hydrogens is 445 g/mol. The zero-order chi connectivity index (χ0) is 18.3. The highest BCUT2D eigenvalue weighted by Crippen LogP contribution is 2.42. The van der Waals surface area contributed by atoms with Crippen molar-refractivity contribution in [3.8, 4) is 22.4 Å². The van der Waals surface area contributed by atoms with Crippen molar-refractivity contribution in [3.05, 3.63) is 66.7 Å². The smallest absolute Gasteiger partial charge is 0.0961 e. The van der Waals surface area contributed by atoms with Crippen LogP contribution in [0.25, 0.3) is 22.4 Å². The third-order valence-electron chi connectivity index (χ3n) is 3.46. The number of benzene rings is 2. The number of hydrogen-bond acceptors (Lipinski definition) is 2. The standard InChI is InChI=1S/C17H8Cl6N2/c18-8-2-10(20)15(11(21)3-8)7-1-14(24)17(25-6-7)16-12(22)4-9(19)5-13(16)23/h1-6H,24H2. The van der Waals surface area contributed by atoms with Gasteiger partial charge in [0.1, 0.15) is 0 Å². The summed E-state index contributed by atoms with van der Waals surface area (Å²) in [5.41, 5.74) is 8.72. The number of nitrogen functional groups attached to an aromatic ring is 1. The van der Waals surface area contributed by atoms with Gasteiger partial charge in [-0.1, -0.05) is 69.6 Å². The number of anilines is 1. The number of nitrogens with two attached hydrogens (primary N) is 1. The van der Waals surface area contributed by atoms with E-state index in [-0.39, 0.29) is 0 Å². The summed E-state index contributed by atoms with van der Waals surface area (Å²) in [6.45, 7) is 0. The van der Waals surface area contributed by atoms with E-state index in [1.807, 2.05) is 0 Å². The SMILES string of the molecule is Nc1cc(-c2c(Cl)cc(Cl)cc2Cl)cnc1-c1c(Cl)cc(Cl)cc1Cl. The summed E-state index contributed by atoms with van der Waals surface area (Å²) in [5.74, 6) is 0. The van der Waals surface area contributed by atoms with Crippen molar-refractivity contribution in [2.45, 2.75) is 0 Å². The van der Waals surface area contributed by atoms with E-state index >= 15 is 0 Å². The molecule has 25 heavy (non-hydrogen) atoms. The first-order valence-electron chi connectivity index (χ1n) is 6.83. The van der Waals surface area contributed by atoms with Gasteiger partial charge in [0, 0.05) is 32.9 Å². The van der Waals surface area contributed by atoms with Gasteiger partial charge < -0.3 is 5.73 Å². The van der Waals surface area contributed by atoms with Crippen LogP contribution in [0, 0.1) is 0 Å². The van der Waals surface area contributed by atoms with Gasteiger partial charge in [0.15, 0.2) is 0 Å². The van der Waals surface area contributed by atoms with Gasteiger partial charge in [0.2, 0.25) is 0 Å². The topological polar surface area (TPSA) is 38.9 Å². The quantitative estimate of drug-likeness (QED) is 0.428. The molecule has 2 N–H and O–H groups in total. The highest BCUT2D eigenvalue weighted by atomic mass is 35.5. The minimum absolute atomic E-state index is 0.354. The molecule has 128 valence electrons. The van der Waals surface area contributed by atoms with Crippen molar-refractivity contribution in [2.24, 2.45) is 0 Å². The average molecular weight is 453 g/mol. The fraction of sp³-hybridized carbons (Fsp3) is 0. The Labute approximate surface area is 174 Å². The van der Waals surface area contributed by atoms with E-state index in [1.54, 1.807) is 36.5 Å². The summed E-state index contributed by atoms with van der Waals surface area (Å²) in [6, 6.07) is 8.05. The van der Waals surface area contributed by atoms with Crippen LogP contribution < -0.4 is 5.73 Å². The van der Waals surface area contributed by atoms with Gasteiger partial charge in [-0.2, -0.15) is 0 Å². The Morgan fingerprint density at radius 3 is 1.52 bits per heavy atom. The van der Waals surface area contributed by atoms with Gasteiger partial charge in [-0.25, -0.2) is 0 Å². The Kier molecular flexibility index (Phi) is 5.60. The van der Waals surface area contributed by atoms with Gasteiger partial charge in [0.25, 0.3) is 0 Å². The van der Waals surface area contributed by atoms with E-state index in [9.17, 15) is 0 Å². The first-order chi connectivity index (χ1) is 11.8. The third kappa shape index (κ3) is 3.80. The molecule has 0 saturated carbocycles. The Morgan fingerprint density at radius 1 is 0.640 bits per heavy atom. The van der Waals surface area contributed by atoms with Crippen LogP contribution in [-0.4, -0.2) is 4.98 Å². The number of aromatic nitrogens is 1. The molecule has 0 amide bonds. The lowest BCUT2D eigenvalue weighted by molar-refractivity contribution is 1.33. The third-order valence-corrected chi connectivity index (χ3v) is 5.09. The van der Waals surface area contributed by atoms with Gasteiger partial charge in [-0.3, -0.25) is 4.98 Å². The van der Waals surface area contributed by atoms with Crippen LogP contribution in [0.15, 0.2) is 36.5 Å². The molecule has 1 aromatic heterocycles. The molecule has 0 saturated heterocycles. The molecule has 0 aliphatic heterocycles. The summed E-state index contributed by atoms with van der Waals surface area (Å²) >= 11 is 36.9. The molecule has 0 radical (unpaired) electrons. The van der Waals surface area contributed by atoms with E-state index in [0.29, 0.717) is 58.2 Å². The summed E-state index contributed by atoms with van der Waals surface area (Å²) in [5, 5.41) is 2.37. The predicted molar refractivity (Wildman–Crippen MR) is 110 cm³/mol. The zero-order valence-corrected chi connectivity index (χ0v) is 16.8. The average Bonchev–Trinajstić information content (AvgIpc) is 2.47. The molecule has 0 spiro atoms. The fourth-order valence-electron chi connectivity index (χ4n) is 2.41. The van der Waals surface area contributed by atoms with Crippen LogP contribution in [0.5, 0.6) is 0 Å². The maximum Gasteiger partial charge on any atom is 0.0961 e. The molecule has 2 aromatic carbocycles. The van der Waals surface area contributed by atoms with Gasteiger partial charge in [-0.15, -0.1) is 0 Å². The van der Waals surface area contributed by atoms with Crippen LogP contribution in [0.3, 0.4) is 0 Å². The fourth-order valence-corrected chi connectivity index (χ4v) is 4.44. The molecule has 3 rings (SSSR count). The normalized spacial score (nSPS) is 11.0. The second kappa shape index (κ2) is 7.40. The largest absolute Gasteiger partial charge is 0.397 e. The Hall–Kier alpha value is -0.870. The van der Waals surface area contributed by atoms with Crippen LogP contribution in [0.1, 0.15) is 0 Å². The van der Waals surface area contributed by atoms with Gasteiger partial charge >= 0.3 is 0 Å². The van der Waals surface area contributed by atoms with Crippen LogP contribution in [0.2, 0.25) is 30.1 Å². The van der Waals surface area contributed by atoms with E-state index in [4.69, 9.17) is 75.3 Å². The molecule has 2 nitrogen and oxygen atoms in total. The lowest BCUT2D eigenvalue weighted by atomic mass is 10.0. The molecule has 0 unspecified atom stereocenters.